The minimum absolute atomic E-state index is 0.0656. The Hall–Kier alpha value is -4.39. The summed E-state index contributed by atoms with van der Waals surface area (Å²) in [6, 6.07) is 24.4. The van der Waals surface area contributed by atoms with E-state index in [0.717, 1.165) is 27.8 Å². The Labute approximate surface area is 203 Å². The molecule has 0 aliphatic carbocycles. The number of nitrogens with one attached hydrogen (secondary N) is 2. The molecule has 4 aromatic rings. The monoisotopic (exact) mass is 466 g/mol. The maximum Gasteiger partial charge on any atom is 0.270 e. The molecule has 1 atom stereocenters. The first-order valence-electron chi connectivity index (χ1n) is 11.6. The van der Waals surface area contributed by atoms with Crippen molar-refractivity contribution in [2.45, 2.75) is 20.3 Å². The first kappa shape index (κ1) is 22.4. The summed E-state index contributed by atoms with van der Waals surface area (Å²) in [5.74, 6) is -0.970. The third-order valence-electron chi connectivity index (χ3n) is 6.45. The lowest BCUT2D eigenvalue weighted by molar-refractivity contribution is -0.122. The molecule has 3 amide bonds. The number of amides is 3. The minimum atomic E-state index is -0.455. The highest BCUT2D eigenvalue weighted by molar-refractivity contribution is 6.08. The standard InChI is InChI=1S/C28H26N4O3/c1-18-10-11-19(2)32(18)30-28(35)21-12-14-23(15-13-21)29-27(34)22-16-26(33)31(17-22)25-9-5-7-20-6-3-4-8-24(20)25/h3-15,22H,16-17H2,1-2H3,(H,29,34)(H,30,35)/t22-/m0/s1. The number of benzene rings is 3. The van der Waals surface area contributed by atoms with Crippen LogP contribution in [0.3, 0.4) is 0 Å². The molecule has 5 rings (SSSR count). The largest absolute Gasteiger partial charge is 0.326 e. The number of hydrogen-bond acceptors (Lipinski definition) is 3. The van der Waals surface area contributed by atoms with E-state index in [1.807, 2.05) is 68.4 Å². The highest BCUT2D eigenvalue weighted by Gasteiger charge is 2.35. The molecule has 0 spiro atoms. The van der Waals surface area contributed by atoms with E-state index in [2.05, 4.69) is 10.7 Å². The van der Waals surface area contributed by atoms with E-state index in [-0.39, 0.29) is 24.1 Å². The number of aryl methyl sites for hydroxylation is 2. The van der Waals surface area contributed by atoms with Crippen molar-refractivity contribution in [2.75, 3.05) is 22.2 Å². The maximum absolute atomic E-state index is 12.9. The van der Waals surface area contributed by atoms with Crippen molar-refractivity contribution in [1.82, 2.24) is 4.68 Å². The topological polar surface area (TPSA) is 83.4 Å². The Bertz CT molecular complexity index is 1410. The number of carbonyl (C=O) groups is 3. The van der Waals surface area contributed by atoms with Crippen LogP contribution >= 0.6 is 0 Å². The van der Waals surface area contributed by atoms with Crippen molar-refractivity contribution >= 4 is 39.9 Å². The zero-order valence-electron chi connectivity index (χ0n) is 19.6. The number of rotatable bonds is 5. The van der Waals surface area contributed by atoms with Gasteiger partial charge < -0.3 is 10.2 Å². The molecular formula is C28H26N4O3. The van der Waals surface area contributed by atoms with Crippen LogP contribution in [-0.4, -0.2) is 28.9 Å². The highest BCUT2D eigenvalue weighted by Crippen LogP contribution is 2.32. The second-order valence-corrected chi connectivity index (χ2v) is 8.86. The Kier molecular flexibility index (Phi) is 5.82. The van der Waals surface area contributed by atoms with Crippen molar-refractivity contribution in [3.63, 3.8) is 0 Å². The van der Waals surface area contributed by atoms with Gasteiger partial charge in [0.1, 0.15) is 0 Å². The molecule has 7 heteroatoms. The lowest BCUT2D eigenvalue weighted by Crippen LogP contribution is -2.28. The molecule has 1 aliphatic rings. The molecule has 0 saturated carbocycles. The molecule has 176 valence electrons. The lowest BCUT2D eigenvalue weighted by atomic mass is 10.1. The molecule has 1 saturated heterocycles. The van der Waals surface area contributed by atoms with Crippen LogP contribution in [0.5, 0.6) is 0 Å². The number of aromatic nitrogens is 1. The van der Waals surface area contributed by atoms with E-state index < -0.39 is 5.92 Å². The molecule has 1 aromatic heterocycles. The first-order chi connectivity index (χ1) is 16.9. The highest BCUT2D eigenvalue weighted by atomic mass is 16.2. The Balaban J connectivity index is 1.24. The van der Waals surface area contributed by atoms with Gasteiger partial charge in [-0.25, -0.2) is 0 Å². The van der Waals surface area contributed by atoms with Crippen molar-refractivity contribution in [3.05, 3.63) is 95.8 Å². The van der Waals surface area contributed by atoms with Gasteiger partial charge in [-0.1, -0.05) is 36.4 Å². The van der Waals surface area contributed by atoms with Crippen LogP contribution in [0.25, 0.3) is 10.8 Å². The summed E-state index contributed by atoms with van der Waals surface area (Å²) in [6.45, 7) is 4.16. The minimum Gasteiger partial charge on any atom is -0.326 e. The molecular weight excluding hydrogens is 440 g/mol. The molecule has 7 nitrogen and oxygen atoms in total. The van der Waals surface area contributed by atoms with Crippen LogP contribution in [-0.2, 0) is 9.59 Å². The Morgan fingerprint density at radius 3 is 2.29 bits per heavy atom. The molecule has 2 heterocycles. The van der Waals surface area contributed by atoms with Gasteiger partial charge in [-0.2, -0.15) is 0 Å². The van der Waals surface area contributed by atoms with E-state index in [1.54, 1.807) is 33.8 Å². The second kappa shape index (κ2) is 9.10. The summed E-state index contributed by atoms with van der Waals surface area (Å²) in [5, 5.41) is 4.93. The van der Waals surface area contributed by atoms with Gasteiger partial charge in [-0.15, -0.1) is 0 Å². The average molecular weight is 467 g/mol. The Morgan fingerprint density at radius 1 is 0.857 bits per heavy atom. The van der Waals surface area contributed by atoms with Crippen molar-refractivity contribution in [1.29, 1.82) is 0 Å². The molecule has 1 aliphatic heterocycles. The molecule has 1 fully saturated rings. The fourth-order valence-electron chi connectivity index (χ4n) is 4.52. The van der Waals surface area contributed by atoms with Crippen LogP contribution in [0.15, 0.2) is 78.9 Å². The zero-order chi connectivity index (χ0) is 24.5. The van der Waals surface area contributed by atoms with Crippen LogP contribution < -0.4 is 15.6 Å². The van der Waals surface area contributed by atoms with E-state index in [0.29, 0.717) is 17.8 Å². The molecule has 3 aromatic carbocycles. The average Bonchev–Trinajstić information content (AvgIpc) is 3.41. The molecule has 35 heavy (non-hydrogen) atoms. The fraction of sp³-hybridized carbons (Fsp3) is 0.179. The number of hydrogen-bond donors (Lipinski definition) is 2. The summed E-state index contributed by atoms with van der Waals surface area (Å²) in [5.41, 5.74) is 6.62. The van der Waals surface area contributed by atoms with Crippen molar-refractivity contribution < 1.29 is 14.4 Å². The first-order valence-corrected chi connectivity index (χ1v) is 11.6. The van der Waals surface area contributed by atoms with Crippen molar-refractivity contribution in [2.24, 2.45) is 5.92 Å². The number of anilines is 2. The molecule has 0 bridgehead atoms. The Morgan fingerprint density at radius 2 is 1.54 bits per heavy atom. The molecule has 2 N–H and O–H groups in total. The third kappa shape index (κ3) is 4.40. The zero-order valence-corrected chi connectivity index (χ0v) is 19.6. The van der Waals surface area contributed by atoms with Crippen LogP contribution in [0.4, 0.5) is 11.4 Å². The maximum atomic E-state index is 12.9. The smallest absolute Gasteiger partial charge is 0.270 e. The lowest BCUT2D eigenvalue weighted by Gasteiger charge is -2.19. The summed E-state index contributed by atoms with van der Waals surface area (Å²) in [4.78, 5) is 40.0. The van der Waals surface area contributed by atoms with Crippen LogP contribution in [0.1, 0.15) is 28.2 Å². The summed E-state index contributed by atoms with van der Waals surface area (Å²) in [7, 11) is 0. The number of carbonyl (C=O) groups excluding carboxylic acids is 3. The second-order valence-electron chi connectivity index (χ2n) is 8.86. The SMILES string of the molecule is Cc1ccc(C)n1NC(=O)c1ccc(NC(=O)[C@H]2CC(=O)N(c3cccc4ccccc34)C2)cc1. The number of nitrogens with zero attached hydrogens (tertiary/aromatic N) is 2. The normalized spacial score (nSPS) is 15.4. The molecule has 0 unspecified atom stereocenters. The third-order valence-corrected chi connectivity index (χ3v) is 6.45. The van der Waals surface area contributed by atoms with Gasteiger partial charge in [0.25, 0.3) is 5.91 Å². The van der Waals surface area contributed by atoms with Gasteiger partial charge in [0.2, 0.25) is 11.8 Å². The van der Waals surface area contributed by atoms with Gasteiger partial charge in [-0.05, 0) is 61.7 Å². The van der Waals surface area contributed by atoms with Gasteiger partial charge in [0, 0.05) is 41.0 Å². The van der Waals surface area contributed by atoms with Gasteiger partial charge >= 0.3 is 0 Å². The molecule has 0 radical (unpaired) electrons. The fourth-order valence-corrected chi connectivity index (χ4v) is 4.52. The van der Waals surface area contributed by atoms with E-state index in [4.69, 9.17) is 0 Å². The van der Waals surface area contributed by atoms with Gasteiger partial charge in [-0.3, -0.25) is 24.5 Å². The predicted molar refractivity (Wildman–Crippen MR) is 137 cm³/mol. The summed E-state index contributed by atoms with van der Waals surface area (Å²) in [6.07, 6.45) is 0.158. The van der Waals surface area contributed by atoms with E-state index in [1.165, 1.54) is 0 Å². The van der Waals surface area contributed by atoms with Crippen LogP contribution in [0.2, 0.25) is 0 Å². The summed E-state index contributed by atoms with van der Waals surface area (Å²) < 4.78 is 1.73. The summed E-state index contributed by atoms with van der Waals surface area (Å²) >= 11 is 0. The predicted octanol–water partition coefficient (Wildman–Crippen LogP) is 4.63. The van der Waals surface area contributed by atoms with Crippen molar-refractivity contribution in [3.8, 4) is 0 Å². The quantitative estimate of drug-likeness (QED) is 0.450. The van der Waals surface area contributed by atoms with Gasteiger partial charge in [0.05, 0.1) is 11.6 Å². The van der Waals surface area contributed by atoms with Crippen LogP contribution in [0, 0.1) is 19.8 Å². The van der Waals surface area contributed by atoms with Gasteiger partial charge in [0.15, 0.2) is 0 Å². The van der Waals surface area contributed by atoms with E-state index >= 15 is 0 Å². The number of fused-ring (bicyclic) bond motifs is 1. The van der Waals surface area contributed by atoms with E-state index in [9.17, 15) is 14.4 Å².